The topological polar surface area (TPSA) is 51.3 Å². The van der Waals surface area contributed by atoms with Crippen LogP contribution in [0.4, 0.5) is 0 Å². The second-order valence-corrected chi connectivity index (χ2v) is 8.31. The van der Waals surface area contributed by atoms with Crippen molar-refractivity contribution in [2.75, 3.05) is 13.2 Å². The van der Waals surface area contributed by atoms with Crippen molar-refractivity contribution in [1.29, 1.82) is 0 Å². The Hall–Kier alpha value is -1.21. The van der Waals surface area contributed by atoms with Gasteiger partial charge in [0.25, 0.3) is 0 Å². The van der Waals surface area contributed by atoms with E-state index >= 15 is 0 Å². The maximum Gasteiger partial charge on any atom is 0.0513 e. The number of H-pyrrole nitrogens is 1. The zero-order chi connectivity index (χ0) is 18.1. The van der Waals surface area contributed by atoms with Gasteiger partial charge in [0.15, 0.2) is 0 Å². The quantitative estimate of drug-likeness (QED) is 0.535. The number of aliphatic hydroxyl groups excluding tert-OH is 1. The van der Waals surface area contributed by atoms with Gasteiger partial charge in [0.05, 0.1) is 13.2 Å². The summed E-state index contributed by atoms with van der Waals surface area (Å²) in [5.74, 6) is 0.0615. The van der Waals surface area contributed by atoms with Crippen molar-refractivity contribution < 1.29 is 5.11 Å². The molecule has 1 atom stereocenters. The number of hydrogen-bond acceptors (Lipinski definition) is 4. The van der Waals surface area contributed by atoms with E-state index in [1.54, 1.807) is 12.1 Å². The van der Waals surface area contributed by atoms with Crippen LogP contribution in [-0.2, 0) is 13.1 Å². The molecule has 136 valence electrons. The van der Waals surface area contributed by atoms with Crippen LogP contribution in [-0.4, -0.2) is 27.5 Å². The predicted octanol–water partition coefficient (Wildman–Crippen LogP) is 4.72. The summed E-state index contributed by atoms with van der Waals surface area (Å²) in [5.41, 5.74) is 4.54. The molecule has 1 aromatic heterocycles. The monoisotopic (exact) mass is 407 g/mol. The maximum atomic E-state index is 9.92. The second kappa shape index (κ2) is 7.80. The molecule has 4 rings (SSSR count). The molecule has 3 aromatic rings. The van der Waals surface area contributed by atoms with Gasteiger partial charge in [-0.3, -0.25) is 0 Å². The first kappa shape index (κ1) is 18.2. The Balaban J connectivity index is 1.48. The molecule has 4 nitrogen and oxygen atoms in total. The Morgan fingerprint density at radius 3 is 2.85 bits per heavy atom. The van der Waals surface area contributed by atoms with Crippen molar-refractivity contribution in [1.82, 2.24) is 14.0 Å². The van der Waals surface area contributed by atoms with Crippen molar-refractivity contribution in [3.8, 4) is 0 Å². The lowest BCUT2D eigenvalue weighted by molar-refractivity contribution is 0.235. The van der Waals surface area contributed by atoms with Crippen LogP contribution >= 0.6 is 35.3 Å². The fraction of sp³-hybridized carbons (Fsp3) is 0.263. The van der Waals surface area contributed by atoms with E-state index in [2.05, 4.69) is 14.0 Å². The normalized spacial score (nSPS) is 17.6. The molecule has 2 heterocycles. The van der Waals surface area contributed by atoms with Crippen molar-refractivity contribution in [2.45, 2.75) is 19.0 Å². The van der Waals surface area contributed by atoms with E-state index in [0.717, 1.165) is 51.8 Å². The highest BCUT2D eigenvalue weighted by Crippen LogP contribution is 2.37. The van der Waals surface area contributed by atoms with Gasteiger partial charge in [-0.05, 0) is 41.5 Å². The van der Waals surface area contributed by atoms with Gasteiger partial charge in [-0.15, -0.1) is 0 Å². The minimum Gasteiger partial charge on any atom is -0.396 e. The van der Waals surface area contributed by atoms with E-state index in [1.165, 1.54) is 5.56 Å². The standard InChI is InChI=1S/C19H19Cl2N3OS/c20-14-3-1-2-12(6-14)8-22-26-24-9-13(11-25)19-16-7-15(21)4-5-17(16)23-18(19)10-24/h1-7,13,22-23,25H,8-11H2. The lowest BCUT2D eigenvalue weighted by Crippen LogP contribution is -2.32. The SMILES string of the molecule is OCC1CN(SNCc2cccc(Cl)c2)Cc2[nH]c3ccc(Cl)cc3c21. The van der Waals surface area contributed by atoms with Crippen LogP contribution in [0.3, 0.4) is 0 Å². The van der Waals surface area contributed by atoms with Crippen LogP contribution in [0.1, 0.15) is 22.7 Å². The third-order valence-corrected chi connectivity index (χ3v) is 5.91. The van der Waals surface area contributed by atoms with Crippen LogP contribution in [0.25, 0.3) is 10.9 Å². The summed E-state index contributed by atoms with van der Waals surface area (Å²) in [6.07, 6.45) is 0. The van der Waals surface area contributed by atoms with Crippen molar-refractivity contribution in [3.05, 3.63) is 69.3 Å². The van der Waals surface area contributed by atoms with Crippen LogP contribution in [0.2, 0.25) is 10.0 Å². The molecule has 0 saturated heterocycles. The molecule has 3 N–H and O–H groups in total. The Kier molecular flexibility index (Phi) is 5.45. The highest BCUT2D eigenvalue weighted by atomic mass is 35.5. The van der Waals surface area contributed by atoms with Gasteiger partial charge in [-0.25, -0.2) is 9.03 Å². The highest BCUT2D eigenvalue weighted by Gasteiger charge is 2.29. The van der Waals surface area contributed by atoms with Gasteiger partial charge < -0.3 is 10.1 Å². The molecule has 26 heavy (non-hydrogen) atoms. The number of aliphatic hydroxyl groups is 1. The first-order valence-electron chi connectivity index (χ1n) is 8.44. The maximum absolute atomic E-state index is 9.92. The molecule has 1 aliphatic heterocycles. The number of nitrogens with zero attached hydrogens (tertiary/aromatic N) is 1. The van der Waals surface area contributed by atoms with E-state index in [0.29, 0.717) is 0 Å². The fourth-order valence-corrected chi connectivity index (χ4v) is 4.73. The molecule has 0 amide bonds. The Morgan fingerprint density at radius 2 is 2.04 bits per heavy atom. The average Bonchev–Trinajstić information content (AvgIpc) is 2.99. The summed E-state index contributed by atoms with van der Waals surface area (Å²) in [6.45, 7) is 2.39. The zero-order valence-electron chi connectivity index (χ0n) is 14.0. The minimum absolute atomic E-state index is 0.0615. The van der Waals surface area contributed by atoms with E-state index in [1.807, 2.05) is 42.5 Å². The number of benzene rings is 2. The summed E-state index contributed by atoms with van der Waals surface area (Å²) in [7, 11) is 0. The third-order valence-electron chi connectivity index (χ3n) is 4.63. The van der Waals surface area contributed by atoms with Gasteiger partial charge in [-0.2, -0.15) is 0 Å². The smallest absolute Gasteiger partial charge is 0.0513 e. The van der Waals surface area contributed by atoms with Gasteiger partial charge >= 0.3 is 0 Å². The molecule has 0 radical (unpaired) electrons. The largest absolute Gasteiger partial charge is 0.396 e. The third kappa shape index (κ3) is 3.74. The van der Waals surface area contributed by atoms with Crippen molar-refractivity contribution in [2.24, 2.45) is 0 Å². The van der Waals surface area contributed by atoms with Crippen LogP contribution in [0.15, 0.2) is 42.5 Å². The van der Waals surface area contributed by atoms with Crippen molar-refractivity contribution in [3.63, 3.8) is 0 Å². The van der Waals surface area contributed by atoms with E-state index in [9.17, 15) is 5.11 Å². The molecule has 0 bridgehead atoms. The zero-order valence-corrected chi connectivity index (χ0v) is 16.3. The van der Waals surface area contributed by atoms with Crippen LogP contribution < -0.4 is 4.72 Å². The summed E-state index contributed by atoms with van der Waals surface area (Å²) in [6, 6.07) is 13.7. The summed E-state index contributed by atoms with van der Waals surface area (Å²) >= 11 is 13.8. The number of aromatic amines is 1. The number of fused-ring (bicyclic) bond motifs is 3. The van der Waals surface area contributed by atoms with E-state index in [4.69, 9.17) is 23.2 Å². The molecule has 0 saturated carbocycles. The fourth-order valence-electron chi connectivity index (χ4n) is 3.48. The average molecular weight is 408 g/mol. The molecule has 2 aromatic carbocycles. The van der Waals surface area contributed by atoms with Gasteiger partial charge in [-0.1, -0.05) is 35.3 Å². The number of hydrogen-bond donors (Lipinski definition) is 3. The minimum atomic E-state index is 0.0615. The number of aromatic nitrogens is 1. The number of nitrogens with one attached hydrogen (secondary N) is 2. The van der Waals surface area contributed by atoms with Crippen LogP contribution in [0, 0.1) is 0 Å². The molecular formula is C19H19Cl2N3OS. The summed E-state index contributed by atoms with van der Waals surface area (Å²) in [4.78, 5) is 3.48. The molecule has 7 heteroatoms. The molecule has 1 aliphatic rings. The molecular weight excluding hydrogens is 389 g/mol. The molecule has 0 aliphatic carbocycles. The number of rotatable bonds is 5. The summed E-state index contributed by atoms with van der Waals surface area (Å²) < 4.78 is 5.61. The Morgan fingerprint density at radius 1 is 1.19 bits per heavy atom. The van der Waals surface area contributed by atoms with Gasteiger partial charge in [0.1, 0.15) is 0 Å². The first-order valence-corrected chi connectivity index (χ1v) is 9.97. The second-order valence-electron chi connectivity index (χ2n) is 6.45. The number of halogens is 2. The van der Waals surface area contributed by atoms with E-state index < -0.39 is 0 Å². The highest BCUT2D eigenvalue weighted by molar-refractivity contribution is 7.95. The molecule has 0 fully saturated rings. The van der Waals surface area contributed by atoms with Gasteiger partial charge in [0, 0.05) is 57.8 Å². The lowest BCUT2D eigenvalue weighted by atomic mass is 9.94. The molecule has 0 spiro atoms. The predicted molar refractivity (Wildman–Crippen MR) is 109 cm³/mol. The lowest BCUT2D eigenvalue weighted by Gasteiger charge is -2.31. The summed E-state index contributed by atoms with van der Waals surface area (Å²) in [5, 5.41) is 12.5. The molecule has 1 unspecified atom stereocenters. The first-order chi connectivity index (χ1) is 12.6. The van der Waals surface area contributed by atoms with E-state index in [-0.39, 0.29) is 12.5 Å². The Labute approximate surface area is 166 Å². The Bertz CT molecular complexity index is 930. The van der Waals surface area contributed by atoms with Crippen molar-refractivity contribution >= 4 is 46.2 Å². The van der Waals surface area contributed by atoms with Crippen LogP contribution in [0.5, 0.6) is 0 Å². The van der Waals surface area contributed by atoms with Gasteiger partial charge in [0.2, 0.25) is 0 Å².